The molecule has 0 bridgehead atoms. The summed E-state index contributed by atoms with van der Waals surface area (Å²) in [4.78, 5) is 21.9. The molecule has 6 heteroatoms. The third-order valence-corrected chi connectivity index (χ3v) is 2.60. The zero-order valence-corrected chi connectivity index (χ0v) is 11.0. The van der Waals surface area contributed by atoms with E-state index in [0.29, 0.717) is 4.90 Å². The highest BCUT2D eigenvalue weighted by atomic mass is 32.2. The third kappa shape index (κ3) is 4.07. The smallest absolute Gasteiger partial charge is 0.339 e. The number of nitro benzene ring substituents is 1. The second-order valence-corrected chi connectivity index (χ2v) is 3.48. The Kier molecular flexibility index (Phi) is 6.97. The number of nitrogens with zero attached hydrogens (tertiary/aromatic N) is 1. The number of esters is 1. The number of ether oxygens (including phenoxy) is 1. The first-order valence-corrected chi connectivity index (χ1v) is 6.23. The van der Waals surface area contributed by atoms with Gasteiger partial charge in [0, 0.05) is 17.0 Å². The standard InChI is InChI=1S/C9H9NO4S.C2H6/c1-14-9(11)7-5-6(10(12)13)3-4-8(7)15-2;1-2/h3-5H,1-2H3;1-2H3. The molecule has 0 atom stereocenters. The van der Waals surface area contributed by atoms with Gasteiger partial charge in [0.2, 0.25) is 0 Å². The second-order valence-electron chi connectivity index (χ2n) is 2.63. The molecule has 1 aromatic carbocycles. The van der Waals surface area contributed by atoms with Gasteiger partial charge in [0.15, 0.2) is 0 Å². The maximum Gasteiger partial charge on any atom is 0.339 e. The fourth-order valence-electron chi connectivity index (χ4n) is 1.08. The minimum Gasteiger partial charge on any atom is -0.465 e. The van der Waals surface area contributed by atoms with Gasteiger partial charge < -0.3 is 4.74 Å². The molecular weight excluding hydrogens is 242 g/mol. The molecule has 0 saturated heterocycles. The summed E-state index contributed by atoms with van der Waals surface area (Å²) in [6.45, 7) is 4.00. The number of carbonyl (C=O) groups excluding carboxylic acids is 1. The Morgan fingerprint density at radius 2 is 2.00 bits per heavy atom. The molecule has 0 N–H and O–H groups in total. The van der Waals surface area contributed by atoms with E-state index < -0.39 is 10.9 Å². The second kappa shape index (κ2) is 7.67. The van der Waals surface area contributed by atoms with E-state index in [-0.39, 0.29) is 11.3 Å². The lowest BCUT2D eigenvalue weighted by molar-refractivity contribution is -0.384. The molecule has 0 unspecified atom stereocenters. The summed E-state index contributed by atoms with van der Waals surface area (Å²) in [6, 6.07) is 4.12. The molecule has 0 aliphatic rings. The third-order valence-electron chi connectivity index (χ3n) is 1.80. The van der Waals surface area contributed by atoms with Crippen LogP contribution in [0.4, 0.5) is 5.69 Å². The molecule has 0 spiro atoms. The monoisotopic (exact) mass is 257 g/mol. The molecule has 94 valence electrons. The summed E-state index contributed by atoms with van der Waals surface area (Å²) in [6.07, 6.45) is 1.79. The highest BCUT2D eigenvalue weighted by molar-refractivity contribution is 7.98. The maximum atomic E-state index is 11.3. The quantitative estimate of drug-likeness (QED) is 0.360. The Morgan fingerprint density at radius 3 is 2.41 bits per heavy atom. The van der Waals surface area contributed by atoms with Crippen LogP contribution in [0.1, 0.15) is 24.2 Å². The van der Waals surface area contributed by atoms with Crippen LogP contribution in [0.5, 0.6) is 0 Å². The Balaban J connectivity index is 0.00000121. The normalized spacial score (nSPS) is 8.94. The summed E-state index contributed by atoms with van der Waals surface area (Å²) in [5.41, 5.74) is 0.104. The van der Waals surface area contributed by atoms with Crippen molar-refractivity contribution in [1.29, 1.82) is 0 Å². The van der Waals surface area contributed by atoms with Gasteiger partial charge in [-0.25, -0.2) is 4.79 Å². The molecule has 0 aliphatic carbocycles. The van der Waals surface area contributed by atoms with Crippen LogP contribution in [0.2, 0.25) is 0 Å². The van der Waals surface area contributed by atoms with Crippen molar-refractivity contribution >= 4 is 23.4 Å². The molecule has 0 aromatic heterocycles. The topological polar surface area (TPSA) is 69.4 Å². The molecule has 0 heterocycles. The van der Waals surface area contributed by atoms with Crippen molar-refractivity contribution in [1.82, 2.24) is 0 Å². The number of non-ortho nitro benzene ring substituents is 1. The Hall–Kier alpha value is -1.56. The van der Waals surface area contributed by atoms with Gasteiger partial charge in [0.25, 0.3) is 5.69 Å². The average Bonchev–Trinajstić information content (AvgIpc) is 2.39. The zero-order valence-electron chi connectivity index (χ0n) is 10.2. The number of methoxy groups -OCH3 is 1. The van der Waals surface area contributed by atoms with E-state index >= 15 is 0 Å². The van der Waals surface area contributed by atoms with Crippen LogP contribution >= 0.6 is 11.8 Å². The predicted molar refractivity (Wildman–Crippen MR) is 67.6 cm³/mol. The number of hydrogen-bond donors (Lipinski definition) is 0. The summed E-state index contributed by atoms with van der Waals surface area (Å²) in [5, 5.41) is 10.5. The molecule has 1 rings (SSSR count). The van der Waals surface area contributed by atoms with Gasteiger partial charge in [-0.3, -0.25) is 10.1 Å². The van der Waals surface area contributed by atoms with Gasteiger partial charge in [-0.15, -0.1) is 11.8 Å². The number of nitro groups is 1. The van der Waals surface area contributed by atoms with Gasteiger partial charge in [-0.1, -0.05) is 13.8 Å². The highest BCUT2D eigenvalue weighted by Crippen LogP contribution is 2.25. The van der Waals surface area contributed by atoms with Crippen molar-refractivity contribution in [2.45, 2.75) is 18.7 Å². The van der Waals surface area contributed by atoms with Crippen LogP contribution in [0, 0.1) is 10.1 Å². The van der Waals surface area contributed by atoms with Gasteiger partial charge in [0.05, 0.1) is 17.6 Å². The van der Waals surface area contributed by atoms with E-state index in [1.165, 1.54) is 37.1 Å². The zero-order chi connectivity index (χ0) is 13.4. The maximum absolute atomic E-state index is 11.3. The van der Waals surface area contributed by atoms with Gasteiger partial charge in [-0.2, -0.15) is 0 Å². The number of hydrogen-bond acceptors (Lipinski definition) is 5. The first-order chi connectivity index (χ1) is 8.10. The average molecular weight is 257 g/mol. The molecule has 5 nitrogen and oxygen atoms in total. The highest BCUT2D eigenvalue weighted by Gasteiger charge is 2.16. The largest absolute Gasteiger partial charge is 0.465 e. The van der Waals surface area contributed by atoms with Crippen molar-refractivity contribution < 1.29 is 14.5 Å². The first kappa shape index (κ1) is 15.4. The lowest BCUT2D eigenvalue weighted by Gasteiger charge is -2.04. The Bertz CT molecular complexity index is 406. The van der Waals surface area contributed by atoms with Crippen LogP contribution in [0.15, 0.2) is 23.1 Å². The lowest BCUT2D eigenvalue weighted by Crippen LogP contribution is -2.04. The van der Waals surface area contributed by atoms with E-state index in [0.717, 1.165) is 0 Å². The van der Waals surface area contributed by atoms with Crippen LogP contribution < -0.4 is 0 Å². The van der Waals surface area contributed by atoms with Crippen LogP contribution in [0.25, 0.3) is 0 Å². The van der Waals surface area contributed by atoms with E-state index in [4.69, 9.17) is 0 Å². The molecule has 17 heavy (non-hydrogen) atoms. The molecule has 0 saturated carbocycles. The van der Waals surface area contributed by atoms with Crippen molar-refractivity contribution in [2.75, 3.05) is 13.4 Å². The summed E-state index contributed by atoms with van der Waals surface area (Å²) >= 11 is 1.34. The molecule has 0 aliphatic heterocycles. The summed E-state index contributed by atoms with van der Waals surface area (Å²) < 4.78 is 4.54. The fraction of sp³-hybridized carbons (Fsp3) is 0.364. The SMILES string of the molecule is CC.COC(=O)c1cc([N+](=O)[O-])ccc1SC. The van der Waals surface area contributed by atoms with E-state index in [9.17, 15) is 14.9 Å². The van der Waals surface area contributed by atoms with E-state index in [2.05, 4.69) is 4.74 Å². The van der Waals surface area contributed by atoms with Gasteiger partial charge in [-0.05, 0) is 12.3 Å². The minimum absolute atomic E-state index is 0.117. The number of carbonyl (C=O) groups is 1. The van der Waals surface area contributed by atoms with E-state index in [1.54, 1.807) is 6.26 Å². The number of rotatable bonds is 3. The number of thioether (sulfide) groups is 1. The van der Waals surface area contributed by atoms with Crippen molar-refractivity contribution in [3.05, 3.63) is 33.9 Å². The molecular formula is C11H15NO4S. The first-order valence-electron chi connectivity index (χ1n) is 5.01. The molecule has 0 radical (unpaired) electrons. The minimum atomic E-state index is -0.567. The van der Waals surface area contributed by atoms with Crippen molar-refractivity contribution in [2.24, 2.45) is 0 Å². The van der Waals surface area contributed by atoms with Gasteiger partial charge in [0.1, 0.15) is 0 Å². The summed E-state index contributed by atoms with van der Waals surface area (Å²) in [7, 11) is 1.24. The van der Waals surface area contributed by atoms with Gasteiger partial charge >= 0.3 is 5.97 Å². The molecule has 1 aromatic rings. The van der Waals surface area contributed by atoms with Crippen LogP contribution in [-0.4, -0.2) is 24.3 Å². The predicted octanol–water partition coefficient (Wildman–Crippen LogP) is 3.13. The lowest BCUT2D eigenvalue weighted by atomic mass is 10.2. The summed E-state index contributed by atoms with van der Waals surface area (Å²) in [5.74, 6) is -0.567. The molecule has 0 fully saturated rings. The van der Waals surface area contributed by atoms with E-state index in [1.807, 2.05) is 13.8 Å². The van der Waals surface area contributed by atoms with Crippen molar-refractivity contribution in [3.63, 3.8) is 0 Å². The van der Waals surface area contributed by atoms with Crippen LogP contribution in [0.3, 0.4) is 0 Å². The fourth-order valence-corrected chi connectivity index (χ4v) is 1.65. The molecule has 0 amide bonds. The van der Waals surface area contributed by atoms with Crippen molar-refractivity contribution in [3.8, 4) is 0 Å². The van der Waals surface area contributed by atoms with Crippen LogP contribution in [-0.2, 0) is 4.74 Å². The Labute approximate surface area is 104 Å². The Morgan fingerprint density at radius 1 is 1.41 bits per heavy atom. The number of benzene rings is 1.